The van der Waals surface area contributed by atoms with E-state index < -0.39 is 29.3 Å². The van der Waals surface area contributed by atoms with E-state index in [1.165, 1.54) is 18.2 Å². The Morgan fingerprint density at radius 2 is 1.54 bits per heavy atom. The lowest BCUT2D eigenvalue weighted by atomic mass is 10.0. The molecule has 0 saturated heterocycles. The number of hydrogen-bond donors (Lipinski definition) is 1. The molecule has 8 heteroatoms. The first-order valence-corrected chi connectivity index (χ1v) is 11.0. The van der Waals surface area contributed by atoms with Crippen LogP contribution in [0.4, 0.5) is 27.6 Å². The predicted octanol–water partition coefficient (Wildman–Crippen LogP) is 9.20. The van der Waals surface area contributed by atoms with Crippen LogP contribution in [0.5, 0.6) is 17.2 Å². The fourth-order valence-corrected chi connectivity index (χ4v) is 3.10. The fraction of sp³-hybridized carbons (Fsp3) is 0.259. The molecule has 0 fully saturated rings. The smallest absolute Gasteiger partial charge is 0.457 e. The molecule has 3 rings (SSSR count). The number of alkyl halides is 3. The summed E-state index contributed by atoms with van der Waals surface area (Å²) in [5.41, 5.74) is 0.843. The molecule has 0 saturated carbocycles. The van der Waals surface area contributed by atoms with Gasteiger partial charge < -0.3 is 14.8 Å². The number of anilines is 1. The average Bonchev–Trinajstić information content (AvgIpc) is 2.77. The summed E-state index contributed by atoms with van der Waals surface area (Å²) in [6, 6.07) is 12.5. The van der Waals surface area contributed by atoms with Crippen molar-refractivity contribution in [2.45, 2.75) is 46.9 Å². The second-order valence-corrected chi connectivity index (χ2v) is 7.69. The van der Waals surface area contributed by atoms with Gasteiger partial charge in [-0.2, -0.15) is 0 Å². The first-order valence-electron chi connectivity index (χ1n) is 11.0. The van der Waals surface area contributed by atoms with Crippen molar-refractivity contribution in [2.75, 3.05) is 5.32 Å². The van der Waals surface area contributed by atoms with Crippen LogP contribution in [0.15, 0.2) is 61.2 Å². The van der Waals surface area contributed by atoms with E-state index in [-0.39, 0.29) is 23.1 Å². The molecule has 3 aromatic rings. The molecule has 3 aromatic carbocycles. The van der Waals surface area contributed by atoms with E-state index in [0.29, 0.717) is 5.75 Å². The molecule has 35 heavy (non-hydrogen) atoms. The number of nitrogens with one attached hydrogen (secondary N) is 1. The molecule has 0 unspecified atom stereocenters. The van der Waals surface area contributed by atoms with Gasteiger partial charge in [-0.15, -0.1) is 13.2 Å². The predicted molar refractivity (Wildman–Crippen MR) is 129 cm³/mol. The van der Waals surface area contributed by atoms with Crippen LogP contribution < -0.4 is 14.8 Å². The van der Waals surface area contributed by atoms with E-state index >= 15 is 0 Å². The van der Waals surface area contributed by atoms with Crippen molar-refractivity contribution >= 4 is 11.4 Å². The Morgan fingerprint density at radius 1 is 0.914 bits per heavy atom. The van der Waals surface area contributed by atoms with Crippen LogP contribution in [0.2, 0.25) is 0 Å². The lowest BCUT2D eigenvalue weighted by molar-refractivity contribution is -0.274. The molecule has 0 aliphatic rings. The zero-order valence-electron chi connectivity index (χ0n) is 20.2. The van der Waals surface area contributed by atoms with Crippen LogP contribution in [0.3, 0.4) is 0 Å². The lowest BCUT2D eigenvalue weighted by Gasteiger charge is -2.18. The standard InChI is InChI=1S/C25H22F5NO2.C2H6/c1-14(2)17-9-8-15(3)22(12-17)32-18-10-11-21(23(13-18)33-25(28,29)30)31-16(4)24-19(26)6-5-7-20(24)27;1-2/h5-14,31H,4H2,1-3H3;1-2H3. The summed E-state index contributed by atoms with van der Waals surface area (Å²) in [5, 5.41) is 2.50. The summed E-state index contributed by atoms with van der Waals surface area (Å²) < 4.78 is 77.1. The number of rotatable bonds is 7. The molecule has 0 bridgehead atoms. The summed E-state index contributed by atoms with van der Waals surface area (Å²) in [7, 11) is 0. The summed E-state index contributed by atoms with van der Waals surface area (Å²) in [5.74, 6) is -1.66. The molecule has 0 aliphatic carbocycles. The fourth-order valence-electron chi connectivity index (χ4n) is 3.10. The van der Waals surface area contributed by atoms with Crippen molar-refractivity contribution in [1.82, 2.24) is 0 Å². The Hall–Kier alpha value is -3.55. The molecule has 188 valence electrons. The van der Waals surface area contributed by atoms with Gasteiger partial charge in [-0.25, -0.2) is 8.78 Å². The second kappa shape index (κ2) is 11.7. The van der Waals surface area contributed by atoms with Crippen LogP contribution in [0.1, 0.15) is 50.3 Å². The minimum absolute atomic E-state index is 0.0893. The van der Waals surface area contributed by atoms with Gasteiger partial charge in [-0.3, -0.25) is 0 Å². The Kier molecular flexibility index (Phi) is 9.28. The summed E-state index contributed by atoms with van der Waals surface area (Å²) in [4.78, 5) is 0. The minimum atomic E-state index is -5.01. The normalized spacial score (nSPS) is 10.9. The number of aryl methyl sites for hydroxylation is 1. The Morgan fingerprint density at radius 3 is 2.11 bits per heavy atom. The molecule has 0 aromatic heterocycles. The molecule has 0 amide bonds. The number of ether oxygens (including phenoxy) is 2. The molecule has 0 atom stereocenters. The SMILES string of the molecule is C=C(Nc1ccc(Oc2cc(C(C)C)ccc2C)cc1OC(F)(F)F)c1c(F)cccc1F.CC. The monoisotopic (exact) mass is 493 g/mol. The van der Waals surface area contributed by atoms with Gasteiger partial charge in [-0.05, 0) is 54.3 Å². The third kappa shape index (κ3) is 7.47. The van der Waals surface area contributed by atoms with E-state index in [1.807, 2.05) is 52.8 Å². The molecule has 0 heterocycles. The van der Waals surface area contributed by atoms with Gasteiger partial charge in [0.1, 0.15) is 23.1 Å². The van der Waals surface area contributed by atoms with Gasteiger partial charge in [0.2, 0.25) is 0 Å². The van der Waals surface area contributed by atoms with Crippen molar-refractivity contribution in [2.24, 2.45) is 0 Å². The van der Waals surface area contributed by atoms with Gasteiger partial charge in [-0.1, -0.05) is 52.5 Å². The second-order valence-electron chi connectivity index (χ2n) is 7.69. The quantitative estimate of drug-likeness (QED) is 0.333. The molecule has 0 spiro atoms. The van der Waals surface area contributed by atoms with E-state index in [0.717, 1.165) is 29.3 Å². The maximum atomic E-state index is 14.0. The summed E-state index contributed by atoms with van der Waals surface area (Å²) >= 11 is 0. The van der Waals surface area contributed by atoms with Crippen molar-refractivity contribution in [1.29, 1.82) is 0 Å². The third-order valence-corrected chi connectivity index (χ3v) is 4.84. The van der Waals surface area contributed by atoms with Gasteiger partial charge in [0.05, 0.1) is 11.3 Å². The van der Waals surface area contributed by atoms with E-state index in [2.05, 4.69) is 16.6 Å². The topological polar surface area (TPSA) is 30.5 Å². The zero-order valence-corrected chi connectivity index (χ0v) is 20.2. The Bertz CT molecular complexity index is 1150. The van der Waals surface area contributed by atoms with E-state index in [9.17, 15) is 22.0 Å². The first kappa shape index (κ1) is 27.7. The van der Waals surface area contributed by atoms with Gasteiger partial charge in [0.15, 0.2) is 5.75 Å². The first-order chi connectivity index (χ1) is 16.4. The van der Waals surface area contributed by atoms with Gasteiger partial charge in [0.25, 0.3) is 0 Å². The van der Waals surface area contributed by atoms with Crippen molar-refractivity contribution in [3.8, 4) is 17.2 Å². The highest BCUT2D eigenvalue weighted by Crippen LogP contribution is 2.38. The van der Waals surface area contributed by atoms with Crippen LogP contribution in [0.25, 0.3) is 5.70 Å². The highest BCUT2D eigenvalue weighted by atomic mass is 19.4. The summed E-state index contributed by atoms with van der Waals surface area (Å²) in [6.07, 6.45) is -5.01. The number of halogens is 5. The molecule has 0 radical (unpaired) electrons. The average molecular weight is 494 g/mol. The van der Waals surface area contributed by atoms with Gasteiger partial charge >= 0.3 is 6.36 Å². The van der Waals surface area contributed by atoms with Crippen LogP contribution >= 0.6 is 0 Å². The number of benzene rings is 3. The van der Waals surface area contributed by atoms with Gasteiger partial charge in [0, 0.05) is 11.8 Å². The molecular formula is C27H28F5NO2. The Labute approximate surface area is 202 Å². The third-order valence-electron chi connectivity index (χ3n) is 4.84. The molecular weight excluding hydrogens is 465 g/mol. The lowest BCUT2D eigenvalue weighted by Crippen LogP contribution is -2.18. The van der Waals surface area contributed by atoms with Crippen molar-refractivity contribution in [3.63, 3.8) is 0 Å². The maximum Gasteiger partial charge on any atom is 0.573 e. The van der Waals surface area contributed by atoms with E-state index in [1.54, 1.807) is 0 Å². The van der Waals surface area contributed by atoms with Crippen LogP contribution in [-0.4, -0.2) is 6.36 Å². The summed E-state index contributed by atoms with van der Waals surface area (Å²) in [6.45, 7) is 13.4. The minimum Gasteiger partial charge on any atom is -0.457 e. The highest BCUT2D eigenvalue weighted by Gasteiger charge is 2.32. The molecule has 3 nitrogen and oxygen atoms in total. The largest absolute Gasteiger partial charge is 0.573 e. The van der Waals surface area contributed by atoms with Crippen molar-refractivity contribution < 1.29 is 31.4 Å². The Balaban J connectivity index is 0.00000210. The molecule has 1 N–H and O–H groups in total. The van der Waals surface area contributed by atoms with E-state index in [4.69, 9.17) is 4.74 Å². The van der Waals surface area contributed by atoms with Crippen molar-refractivity contribution in [3.05, 3.63) is 89.5 Å². The molecule has 0 aliphatic heterocycles. The number of hydrogen-bond acceptors (Lipinski definition) is 3. The maximum absolute atomic E-state index is 14.0. The zero-order chi connectivity index (χ0) is 26.3. The van der Waals surface area contributed by atoms with Crippen LogP contribution in [0, 0.1) is 18.6 Å². The highest BCUT2D eigenvalue weighted by molar-refractivity contribution is 5.79. The van der Waals surface area contributed by atoms with Crippen LogP contribution in [-0.2, 0) is 0 Å².